The lowest BCUT2D eigenvalue weighted by atomic mass is 10.2. The van der Waals surface area contributed by atoms with Crippen molar-refractivity contribution in [3.63, 3.8) is 0 Å². The van der Waals surface area contributed by atoms with Crippen LogP contribution in [0.4, 0.5) is 0 Å². The van der Waals surface area contributed by atoms with E-state index in [4.69, 9.17) is 9.84 Å². The average molecular weight is 334 g/mol. The quantitative estimate of drug-likeness (QED) is 0.857. The van der Waals surface area contributed by atoms with Crippen molar-refractivity contribution in [1.29, 1.82) is 0 Å². The molecule has 0 radical (unpaired) electrons. The molecule has 20 heavy (non-hydrogen) atoms. The van der Waals surface area contributed by atoms with Crippen LogP contribution in [0.25, 0.3) is 6.08 Å². The first-order chi connectivity index (χ1) is 9.56. The number of nitrogens with zero attached hydrogens (tertiary/aromatic N) is 1. The fourth-order valence-electron chi connectivity index (χ4n) is 1.57. The van der Waals surface area contributed by atoms with Gasteiger partial charge in [-0.2, -0.15) is 0 Å². The van der Waals surface area contributed by atoms with Crippen molar-refractivity contribution in [2.75, 3.05) is 0 Å². The molecule has 0 saturated carbocycles. The van der Waals surface area contributed by atoms with Crippen molar-refractivity contribution in [3.8, 4) is 11.5 Å². The molecule has 102 valence electrons. The molecule has 1 aromatic carbocycles. The number of hydrogen-bond donors (Lipinski definition) is 1. The molecular weight excluding hydrogens is 322 g/mol. The van der Waals surface area contributed by atoms with Crippen LogP contribution in [0.15, 0.2) is 47.1 Å². The predicted octanol–water partition coefficient (Wildman–Crippen LogP) is 4.04. The minimum atomic E-state index is -0.979. The van der Waals surface area contributed by atoms with E-state index in [1.54, 1.807) is 30.5 Å². The maximum Gasteiger partial charge on any atom is 0.328 e. The summed E-state index contributed by atoms with van der Waals surface area (Å²) in [5.74, 6) is 0.350. The van der Waals surface area contributed by atoms with Crippen LogP contribution in [0.3, 0.4) is 0 Å². The van der Waals surface area contributed by atoms with Gasteiger partial charge >= 0.3 is 5.97 Å². The molecule has 1 N–H and O–H groups in total. The molecule has 0 spiro atoms. The molecule has 1 heterocycles. The van der Waals surface area contributed by atoms with Gasteiger partial charge in [-0.1, -0.05) is 6.07 Å². The summed E-state index contributed by atoms with van der Waals surface area (Å²) < 4.78 is 6.51. The topological polar surface area (TPSA) is 59.4 Å². The Bertz CT molecular complexity index is 668. The lowest BCUT2D eigenvalue weighted by Crippen LogP contribution is -1.91. The zero-order valence-electron chi connectivity index (χ0n) is 10.7. The van der Waals surface area contributed by atoms with E-state index in [1.807, 2.05) is 13.0 Å². The number of carboxylic acid groups (broad SMARTS) is 1. The number of ether oxygens (including phenoxy) is 1. The third-order valence-corrected chi connectivity index (χ3v) is 3.17. The van der Waals surface area contributed by atoms with E-state index in [2.05, 4.69) is 20.9 Å². The second-order valence-corrected chi connectivity index (χ2v) is 4.90. The Morgan fingerprint density at radius 1 is 1.35 bits per heavy atom. The van der Waals surface area contributed by atoms with Gasteiger partial charge in [0, 0.05) is 12.3 Å². The maximum absolute atomic E-state index is 10.5. The van der Waals surface area contributed by atoms with Crippen LogP contribution in [0.1, 0.15) is 11.3 Å². The fraction of sp³-hybridized carbons (Fsp3) is 0.0667. The third-order valence-electron chi connectivity index (χ3n) is 2.55. The summed E-state index contributed by atoms with van der Waals surface area (Å²) in [5, 5.41) is 8.59. The van der Waals surface area contributed by atoms with Crippen molar-refractivity contribution in [2.24, 2.45) is 0 Å². The van der Waals surface area contributed by atoms with Crippen LogP contribution < -0.4 is 4.74 Å². The minimum absolute atomic E-state index is 0.647. The molecule has 2 aromatic rings. The Morgan fingerprint density at radius 2 is 2.15 bits per heavy atom. The molecule has 5 heteroatoms. The zero-order valence-corrected chi connectivity index (χ0v) is 12.3. The van der Waals surface area contributed by atoms with E-state index in [0.29, 0.717) is 11.5 Å². The Kier molecular flexibility index (Phi) is 4.53. The summed E-state index contributed by atoms with van der Waals surface area (Å²) >= 11 is 3.41. The van der Waals surface area contributed by atoms with Crippen LogP contribution in [0.2, 0.25) is 0 Å². The number of benzene rings is 1. The van der Waals surface area contributed by atoms with Crippen molar-refractivity contribution < 1.29 is 14.6 Å². The van der Waals surface area contributed by atoms with Gasteiger partial charge in [-0.15, -0.1) is 0 Å². The summed E-state index contributed by atoms with van der Waals surface area (Å²) in [6.07, 6.45) is 4.32. The highest BCUT2D eigenvalue weighted by molar-refractivity contribution is 9.10. The van der Waals surface area contributed by atoms with Crippen molar-refractivity contribution >= 4 is 28.0 Å². The standard InChI is InChI=1S/C15H12BrNO3/c1-10-13(3-2-8-17-10)20-14-6-4-11(9-12(14)16)5-7-15(18)19/h2-9H,1H3,(H,18,19)/b7-5+. The number of pyridine rings is 1. The highest BCUT2D eigenvalue weighted by atomic mass is 79.9. The molecule has 4 nitrogen and oxygen atoms in total. The Balaban J connectivity index is 2.22. The van der Waals surface area contributed by atoms with Crippen LogP contribution in [0, 0.1) is 6.92 Å². The van der Waals surface area contributed by atoms with E-state index in [0.717, 1.165) is 21.8 Å². The molecule has 0 amide bonds. The van der Waals surface area contributed by atoms with Gasteiger partial charge < -0.3 is 9.84 Å². The van der Waals surface area contributed by atoms with Crippen molar-refractivity contribution in [2.45, 2.75) is 6.92 Å². The van der Waals surface area contributed by atoms with Crippen LogP contribution in [-0.4, -0.2) is 16.1 Å². The number of carbonyl (C=O) groups is 1. The number of halogens is 1. The molecular formula is C15H12BrNO3. The van der Waals surface area contributed by atoms with Crippen molar-refractivity contribution in [3.05, 3.63) is 58.3 Å². The third kappa shape index (κ3) is 3.68. The van der Waals surface area contributed by atoms with Gasteiger partial charge in [-0.3, -0.25) is 4.98 Å². The molecule has 0 fully saturated rings. The van der Waals surface area contributed by atoms with Gasteiger partial charge in [0.25, 0.3) is 0 Å². The molecule has 0 bridgehead atoms. The number of rotatable bonds is 4. The maximum atomic E-state index is 10.5. The molecule has 1 aromatic heterocycles. The zero-order chi connectivity index (χ0) is 14.5. The Hall–Kier alpha value is -2.14. The Labute approximate surface area is 124 Å². The first kappa shape index (κ1) is 14.3. The van der Waals surface area contributed by atoms with E-state index in [9.17, 15) is 4.79 Å². The normalized spacial score (nSPS) is 10.7. The number of carboxylic acids is 1. The number of aryl methyl sites for hydroxylation is 1. The highest BCUT2D eigenvalue weighted by Crippen LogP contribution is 2.31. The van der Waals surface area contributed by atoms with Gasteiger partial charge in [-0.05, 0) is 58.8 Å². The van der Waals surface area contributed by atoms with Gasteiger partial charge in [0.1, 0.15) is 11.5 Å². The first-order valence-electron chi connectivity index (χ1n) is 5.86. The van der Waals surface area contributed by atoms with Gasteiger partial charge in [0.05, 0.1) is 10.2 Å². The van der Waals surface area contributed by atoms with E-state index in [1.165, 1.54) is 6.08 Å². The van der Waals surface area contributed by atoms with Crippen LogP contribution >= 0.6 is 15.9 Å². The molecule has 0 aliphatic heterocycles. The first-order valence-corrected chi connectivity index (χ1v) is 6.65. The second kappa shape index (κ2) is 6.34. The average Bonchev–Trinajstić information content (AvgIpc) is 2.41. The molecule has 0 unspecified atom stereocenters. The van der Waals surface area contributed by atoms with Crippen molar-refractivity contribution in [1.82, 2.24) is 4.98 Å². The van der Waals surface area contributed by atoms with Gasteiger partial charge in [0.15, 0.2) is 0 Å². The summed E-state index contributed by atoms with van der Waals surface area (Å²) in [4.78, 5) is 14.6. The SMILES string of the molecule is Cc1ncccc1Oc1ccc(/C=C/C(=O)O)cc1Br. The van der Waals surface area contributed by atoms with Crippen LogP contribution in [0.5, 0.6) is 11.5 Å². The second-order valence-electron chi connectivity index (χ2n) is 4.05. The highest BCUT2D eigenvalue weighted by Gasteiger charge is 2.06. The molecule has 0 atom stereocenters. The monoisotopic (exact) mass is 333 g/mol. The van der Waals surface area contributed by atoms with E-state index < -0.39 is 5.97 Å². The molecule has 0 aliphatic rings. The van der Waals surface area contributed by atoms with Gasteiger partial charge in [0.2, 0.25) is 0 Å². The molecule has 2 rings (SSSR count). The largest absolute Gasteiger partial charge is 0.478 e. The molecule has 0 saturated heterocycles. The number of hydrogen-bond acceptors (Lipinski definition) is 3. The van der Waals surface area contributed by atoms with E-state index >= 15 is 0 Å². The minimum Gasteiger partial charge on any atom is -0.478 e. The number of aliphatic carboxylic acids is 1. The fourth-order valence-corrected chi connectivity index (χ4v) is 2.04. The summed E-state index contributed by atoms with van der Waals surface area (Å²) in [5.41, 5.74) is 1.57. The Morgan fingerprint density at radius 3 is 2.80 bits per heavy atom. The molecule has 0 aliphatic carbocycles. The summed E-state index contributed by atoms with van der Waals surface area (Å²) in [6.45, 7) is 1.87. The smallest absolute Gasteiger partial charge is 0.328 e. The van der Waals surface area contributed by atoms with Crippen LogP contribution in [-0.2, 0) is 4.79 Å². The summed E-state index contributed by atoms with van der Waals surface area (Å²) in [6, 6.07) is 9.00. The lowest BCUT2D eigenvalue weighted by Gasteiger charge is -2.09. The number of aromatic nitrogens is 1. The lowest BCUT2D eigenvalue weighted by molar-refractivity contribution is -0.131. The summed E-state index contributed by atoms with van der Waals surface area (Å²) in [7, 11) is 0. The van der Waals surface area contributed by atoms with E-state index in [-0.39, 0.29) is 0 Å². The van der Waals surface area contributed by atoms with Gasteiger partial charge in [-0.25, -0.2) is 4.79 Å². The predicted molar refractivity (Wildman–Crippen MR) is 79.9 cm³/mol.